The molecule has 0 bridgehead atoms. The highest BCUT2D eigenvalue weighted by Gasteiger charge is 2.23. The third-order valence-corrected chi connectivity index (χ3v) is 3.87. The molecular weight excluding hydrogens is 241 g/mol. The van der Waals surface area contributed by atoms with Crippen molar-refractivity contribution in [3.8, 4) is 11.1 Å². The van der Waals surface area contributed by atoms with Crippen LogP contribution in [0.4, 0.5) is 4.39 Å². The Kier molecular flexibility index (Phi) is 3.34. The maximum Gasteiger partial charge on any atom is 0.131 e. The summed E-state index contributed by atoms with van der Waals surface area (Å²) >= 11 is 0. The quantitative estimate of drug-likeness (QED) is 0.898. The number of piperidine rings is 1. The second-order valence-corrected chi connectivity index (χ2v) is 5.07. The Balaban J connectivity index is 2.05. The van der Waals surface area contributed by atoms with E-state index in [4.69, 9.17) is 0 Å². The second-order valence-electron chi connectivity index (χ2n) is 5.07. The van der Waals surface area contributed by atoms with Gasteiger partial charge in [-0.05, 0) is 32.0 Å². The van der Waals surface area contributed by atoms with Gasteiger partial charge in [0.25, 0.3) is 0 Å². The smallest absolute Gasteiger partial charge is 0.131 e. The maximum atomic E-state index is 14.0. The number of hydrogen-bond donors (Lipinski definition) is 1. The molecule has 4 heteroatoms. The zero-order chi connectivity index (χ0) is 13.2. The molecule has 1 fully saturated rings. The summed E-state index contributed by atoms with van der Waals surface area (Å²) in [6.45, 7) is 2.04. The van der Waals surface area contributed by atoms with Gasteiger partial charge in [-0.2, -0.15) is 5.10 Å². The van der Waals surface area contributed by atoms with Crippen molar-refractivity contribution < 1.29 is 4.39 Å². The van der Waals surface area contributed by atoms with Gasteiger partial charge in [0.2, 0.25) is 0 Å². The highest BCUT2D eigenvalue weighted by molar-refractivity contribution is 5.66. The first-order chi connectivity index (χ1) is 9.27. The molecule has 1 saturated heterocycles. The number of hydrogen-bond acceptors (Lipinski definition) is 2. The van der Waals surface area contributed by atoms with Crippen molar-refractivity contribution in [3.05, 3.63) is 42.0 Å². The van der Waals surface area contributed by atoms with E-state index >= 15 is 0 Å². The fraction of sp³-hybridized carbons (Fsp3) is 0.400. The van der Waals surface area contributed by atoms with Gasteiger partial charge < -0.3 is 5.32 Å². The molecule has 0 saturated carbocycles. The molecule has 1 N–H and O–H groups in total. The molecular formula is C15H18FN3. The van der Waals surface area contributed by atoms with E-state index in [0.29, 0.717) is 11.5 Å². The molecule has 2 heterocycles. The van der Waals surface area contributed by atoms with Gasteiger partial charge in [0, 0.05) is 29.8 Å². The normalized spacial score (nSPS) is 16.7. The largest absolute Gasteiger partial charge is 0.317 e. The Morgan fingerprint density at radius 3 is 2.68 bits per heavy atom. The molecule has 0 atom stereocenters. The van der Waals surface area contributed by atoms with Gasteiger partial charge in [-0.15, -0.1) is 0 Å². The average Bonchev–Trinajstić information content (AvgIpc) is 2.82. The molecule has 1 aromatic carbocycles. The molecule has 2 aromatic rings. The van der Waals surface area contributed by atoms with Crippen LogP contribution in [0.5, 0.6) is 0 Å². The van der Waals surface area contributed by atoms with Gasteiger partial charge >= 0.3 is 0 Å². The van der Waals surface area contributed by atoms with Crippen molar-refractivity contribution in [3.63, 3.8) is 0 Å². The van der Waals surface area contributed by atoms with E-state index in [1.807, 2.05) is 23.9 Å². The summed E-state index contributed by atoms with van der Waals surface area (Å²) in [6.07, 6.45) is 3.96. The fourth-order valence-corrected chi connectivity index (χ4v) is 2.91. The lowest BCUT2D eigenvalue weighted by Crippen LogP contribution is -2.27. The van der Waals surface area contributed by atoms with Gasteiger partial charge in [-0.1, -0.05) is 18.2 Å². The molecule has 0 amide bonds. The van der Waals surface area contributed by atoms with Gasteiger partial charge in [0.1, 0.15) is 5.82 Å². The minimum atomic E-state index is -0.175. The summed E-state index contributed by atoms with van der Waals surface area (Å²) in [5, 5.41) is 7.70. The zero-order valence-corrected chi connectivity index (χ0v) is 11.1. The first kappa shape index (κ1) is 12.4. The van der Waals surface area contributed by atoms with Crippen LogP contribution in [0.15, 0.2) is 30.5 Å². The first-order valence-corrected chi connectivity index (χ1v) is 6.75. The Bertz CT molecular complexity index is 571. The topological polar surface area (TPSA) is 29.9 Å². The molecule has 0 radical (unpaired) electrons. The van der Waals surface area contributed by atoms with E-state index in [1.165, 1.54) is 6.07 Å². The van der Waals surface area contributed by atoms with Crippen LogP contribution in [-0.2, 0) is 7.05 Å². The highest BCUT2D eigenvalue weighted by Crippen LogP contribution is 2.34. The third kappa shape index (κ3) is 2.28. The minimum Gasteiger partial charge on any atom is -0.317 e. The van der Waals surface area contributed by atoms with E-state index in [1.54, 1.807) is 12.3 Å². The Hall–Kier alpha value is -1.68. The lowest BCUT2D eigenvalue weighted by Gasteiger charge is -2.24. The number of nitrogens with zero attached hydrogens (tertiary/aromatic N) is 2. The molecule has 100 valence electrons. The lowest BCUT2D eigenvalue weighted by atomic mass is 9.90. The lowest BCUT2D eigenvalue weighted by molar-refractivity contribution is 0.440. The number of benzene rings is 1. The number of nitrogens with one attached hydrogen (secondary N) is 1. The van der Waals surface area contributed by atoms with Gasteiger partial charge in [-0.3, -0.25) is 4.68 Å². The molecule has 0 aliphatic carbocycles. The third-order valence-electron chi connectivity index (χ3n) is 3.87. The van der Waals surface area contributed by atoms with Crippen molar-refractivity contribution in [1.29, 1.82) is 0 Å². The van der Waals surface area contributed by atoms with E-state index in [2.05, 4.69) is 10.4 Å². The SMILES string of the molecule is Cn1ncc(-c2ccccc2F)c1C1CCNCC1. The van der Waals surface area contributed by atoms with E-state index < -0.39 is 0 Å². The predicted octanol–water partition coefficient (Wildman–Crippen LogP) is 2.69. The van der Waals surface area contributed by atoms with Crippen molar-refractivity contribution in [1.82, 2.24) is 15.1 Å². The Morgan fingerprint density at radius 1 is 1.21 bits per heavy atom. The van der Waals surface area contributed by atoms with Crippen molar-refractivity contribution >= 4 is 0 Å². The molecule has 1 aromatic heterocycles. The Morgan fingerprint density at radius 2 is 1.95 bits per heavy atom. The van der Waals surface area contributed by atoms with Gasteiger partial charge in [0.15, 0.2) is 0 Å². The van der Waals surface area contributed by atoms with Crippen LogP contribution in [0.3, 0.4) is 0 Å². The summed E-state index contributed by atoms with van der Waals surface area (Å²) < 4.78 is 15.9. The van der Waals surface area contributed by atoms with Crippen LogP contribution in [0.1, 0.15) is 24.5 Å². The van der Waals surface area contributed by atoms with Crippen molar-refractivity contribution in [2.45, 2.75) is 18.8 Å². The molecule has 3 nitrogen and oxygen atoms in total. The monoisotopic (exact) mass is 259 g/mol. The molecule has 1 aliphatic heterocycles. The van der Waals surface area contributed by atoms with Crippen molar-refractivity contribution in [2.24, 2.45) is 7.05 Å². The Labute approximate surface area is 112 Å². The van der Waals surface area contributed by atoms with E-state index in [-0.39, 0.29) is 5.82 Å². The summed E-state index contributed by atoms with van der Waals surface area (Å²) in [6, 6.07) is 6.93. The van der Waals surface area contributed by atoms with Crippen molar-refractivity contribution in [2.75, 3.05) is 13.1 Å². The standard InChI is InChI=1S/C15H18FN3/c1-19-15(11-6-8-17-9-7-11)13(10-18-19)12-4-2-3-5-14(12)16/h2-5,10-11,17H,6-9H2,1H3. The van der Waals surface area contributed by atoms with E-state index in [0.717, 1.165) is 37.2 Å². The summed E-state index contributed by atoms with van der Waals surface area (Å²) in [4.78, 5) is 0. The van der Waals surface area contributed by atoms with E-state index in [9.17, 15) is 4.39 Å². The summed E-state index contributed by atoms with van der Waals surface area (Å²) in [5.41, 5.74) is 2.75. The predicted molar refractivity (Wildman–Crippen MR) is 73.4 cm³/mol. The number of aryl methyl sites for hydroxylation is 1. The zero-order valence-electron chi connectivity index (χ0n) is 11.1. The van der Waals surface area contributed by atoms with Crippen LogP contribution in [0, 0.1) is 5.82 Å². The molecule has 19 heavy (non-hydrogen) atoms. The molecule has 1 aliphatic rings. The second kappa shape index (κ2) is 5.13. The minimum absolute atomic E-state index is 0.175. The summed E-state index contributed by atoms with van der Waals surface area (Å²) in [5.74, 6) is 0.286. The number of halogens is 1. The molecule has 0 unspecified atom stereocenters. The van der Waals surface area contributed by atoms with Crippen LogP contribution in [0.25, 0.3) is 11.1 Å². The van der Waals surface area contributed by atoms with Gasteiger partial charge in [-0.25, -0.2) is 4.39 Å². The average molecular weight is 259 g/mol. The number of rotatable bonds is 2. The molecule has 0 spiro atoms. The summed E-state index contributed by atoms with van der Waals surface area (Å²) in [7, 11) is 1.95. The van der Waals surface area contributed by atoms with Gasteiger partial charge in [0.05, 0.1) is 6.20 Å². The highest BCUT2D eigenvalue weighted by atomic mass is 19.1. The first-order valence-electron chi connectivity index (χ1n) is 6.75. The van der Waals surface area contributed by atoms with Crippen LogP contribution in [-0.4, -0.2) is 22.9 Å². The van der Waals surface area contributed by atoms with Crippen LogP contribution in [0.2, 0.25) is 0 Å². The fourth-order valence-electron chi connectivity index (χ4n) is 2.91. The van der Waals surface area contributed by atoms with Crippen LogP contribution < -0.4 is 5.32 Å². The number of aromatic nitrogens is 2. The van der Waals surface area contributed by atoms with Crippen LogP contribution >= 0.6 is 0 Å². The maximum absolute atomic E-state index is 14.0. The molecule has 3 rings (SSSR count).